The number of hydrogen-bond donors (Lipinski definition) is 0. The lowest BCUT2D eigenvalue weighted by Crippen LogP contribution is -2.30. The molecule has 0 saturated carbocycles. The summed E-state index contributed by atoms with van der Waals surface area (Å²) in [4.78, 5) is 28.5. The van der Waals surface area contributed by atoms with Crippen molar-refractivity contribution in [3.8, 4) is 0 Å². The maximum absolute atomic E-state index is 12.5. The number of hydrogen-bond acceptors (Lipinski definition) is 4. The normalized spacial score (nSPS) is 12.4. The van der Waals surface area contributed by atoms with Crippen molar-refractivity contribution in [2.24, 2.45) is 11.8 Å². The number of benzene rings is 1. The molecule has 20 heavy (non-hydrogen) atoms. The predicted molar refractivity (Wildman–Crippen MR) is 76.4 cm³/mol. The SMILES string of the molecule is COC(=O)C(C(=O)c1ccc2ncccc2c1)C(C)C. The molecule has 0 bridgehead atoms. The van der Waals surface area contributed by atoms with Gasteiger partial charge in [0.05, 0.1) is 12.6 Å². The number of carbonyl (C=O) groups excluding carboxylic acids is 2. The number of ketones is 1. The van der Waals surface area contributed by atoms with Gasteiger partial charge in [0.1, 0.15) is 5.92 Å². The van der Waals surface area contributed by atoms with Gasteiger partial charge in [0.15, 0.2) is 5.78 Å². The Kier molecular flexibility index (Phi) is 4.13. The van der Waals surface area contributed by atoms with Gasteiger partial charge in [-0.3, -0.25) is 14.6 Å². The van der Waals surface area contributed by atoms with Crippen molar-refractivity contribution in [3.05, 3.63) is 42.1 Å². The number of rotatable bonds is 4. The second-order valence-corrected chi connectivity index (χ2v) is 5.02. The minimum atomic E-state index is -0.769. The number of methoxy groups -OCH3 is 1. The van der Waals surface area contributed by atoms with Crippen LogP contribution in [0.4, 0.5) is 0 Å². The number of carbonyl (C=O) groups is 2. The highest BCUT2D eigenvalue weighted by molar-refractivity contribution is 6.10. The van der Waals surface area contributed by atoms with E-state index in [1.165, 1.54) is 7.11 Å². The molecule has 2 rings (SSSR count). The molecule has 1 heterocycles. The van der Waals surface area contributed by atoms with Gasteiger partial charge in [-0.15, -0.1) is 0 Å². The van der Waals surface area contributed by atoms with Crippen LogP contribution in [0.2, 0.25) is 0 Å². The minimum Gasteiger partial charge on any atom is -0.468 e. The van der Waals surface area contributed by atoms with Gasteiger partial charge in [0.25, 0.3) is 0 Å². The van der Waals surface area contributed by atoms with Gasteiger partial charge in [-0.2, -0.15) is 0 Å². The Morgan fingerprint density at radius 1 is 1.20 bits per heavy atom. The zero-order valence-corrected chi connectivity index (χ0v) is 11.8. The Labute approximate surface area is 117 Å². The summed E-state index contributed by atoms with van der Waals surface area (Å²) in [7, 11) is 1.30. The second-order valence-electron chi connectivity index (χ2n) is 5.02. The van der Waals surface area contributed by atoms with Gasteiger partial charge in [-0.25, -0.2) is 0 Å². The minimum absolute atomic E-state index is 0.112. The molecular formula is C16H17NO3. The van der Waals surface area contributed by atoms with Crippen LogP contribution in [0, 0.1) is 11.8 Å². The highest BCUT2D eigenvalue weighted by Crippen LogP contribution is 2.21. The molecule has 0 amide bonds. The first kappa shape index (κ1) is 14.2. The van der Waals surface area contributed by atoms with Crippen molar-refractivity contribution in [2.45, 2.75) is 13.8 Å². The van der Waals surface area contributed by atoms with E-state index in [-0.39, 0.29) is 11.7 Å². The van der Waals surface area contributed by atoms with Gasteiger partial charge >= 0.3 is 5.97 Å². The topological polar surface area (TPSA) is 56.3 Å². The maximum Gasteiger partial charge on any atom is 0.316 e. The van der Waals surface area contributed by atoms with E-state index in [0.29, 0.717) is 5.56 Å². The van der Waals surface area contributed by atoms with E-state index in [1.807, 2.05) is 26.0 Å². The van der Waals surface area contributed by atoms with Crippen molar-refractivity contribution < 1.29 is 14.3 Å². The van der Waals surface area contributed by atoms with Gasteiger partial charge in [0.2, 0.25) is 0 Å². The summed E-state index contributed by atoms with van der Waals surface area (Å²) in [5.74, 6) is -1.58. The van der Waals surface area contributed by atoms with E-state index in [0.717, 1.165) is 10.9 Å². The molecular weight excluding hydrogens is 254 g/mol. The Balaban J connectivity index is 2.41. The summed E-state index contributed by atoms with van der Waals surface area (Å²) >= 11 is 0. The summed E-state index contributed by atoms with van der Waals surface area (Å²) in [6, 6.07) is 8.97. The molecule has 0 aliphatic carbocycles. The number of esters is 1. The van der Waals surface area contributed by atoms with Crippen molar-refractivity contribution in [2.75, 3.05) is 7.11 Å². The van der Waals surface area contributed by atoms with Crippen molar-refractivity contribution in [1.29, 1.82) is 0 Å². The lowest BCUT2D eigenvalue weighted by atomic mass is 9.87. The fourth-order valence-corrected chi connectivity index (χ4v) is 2.22. The molecule has 2 aromatic rings. The fourth-order valence-electron chi connectivity index (χ4n) is 2.22. The van der Waals surface area contributed by atoms with E-state index in [1.54, 1.807) is 24.4 Å². The van der Waals surface area contributed by atoms with Gasteiger partial charge < -0.3 is 4.74 Å². The number of Topliss-reactive ketones (excluding diaryl/α,β-unsaturated/α-hetero) is 1. The molecule has 4 heteroatoms. The van der Waals surface area contributed by atoms with Gasteiger partial charge in [-0.1, -0.05) is 19.9 Å². The summed E-state index contributed by atoms with van der Waals surface area (Å²) in [6.45, 7) is 3.67. The molecule has 0 N–H and O–H groups in total. The van der Waals surface area contributed by atoms with Crippen LogP contribution in [-0.2, 0) is 9.53 Å². The number of fused-ring (bicyclic) bond motifs is 1. The molecule has 104 valence electrons. The summed E-state index contributed by atoms with van der Waals surface area (Å²) in [5, 5.41) is 0.880. The summed E-state index contributed by atoms with van der Waals surface area (Å²) < 4.78 is 4.73. The lowest BCUT2D eigenvalue weighted by Gasteiger charge is -2.17. The third-order valence-corrected chi connectivity index (χ3v) is 3.29. The van der Waals surface area contributed by atoms with E-state index in [4.69, 9.17) is 4.74 Å². The van der Waals surface area contributed by atoms with Crippen molar-refractivity contribution in [1.82, 2.24) is 4.98 Å². The molecule has 1 unspecified atom stereocenters. The van der Waals surface area contributed by atoms with E-state index in [2.05, 4.69) is 4.98 Å². The zero-order valence-electron chi connectivity index (χ0n) is 11.8. The quantitative estimate of drug-likeness (QED) is 0.487. The van der Waals surface area contributed by atoms with Crippen LogP contribution in [-0.4, -0.2) is 23.8 Å². The van der Waals surface area contributed by atoms with Crippen LogP contribution in [0.25, 0.3) is 10.9 Å². The van der Waals surface area contributed by atoms with Gasteiger partial charge in [-0.05, 0) is 30.2 Å². The summed E-state index contributed by atoms with van der Waals surface area (Å²) in [5.41, 5.74) is 1.33. The first-order chi connectivity index (χ1) is 9.54. The molecule has 4 nitrogen and oxygen atoms in total. The van der Waals surface area contributed by atoms with Crippen molar-refractivity contribution >= 4 is 22.7 Å². The number of aromatic nitrogens is 1. The Morgan fingerprint density at radius 3 is 2.60 bits per heavy atom. The molecule has 1 atom stereocenters. The summed E-state index contributed by atoms with van der Waals surface area (Å²) in [6.07, 6.45) is 1.70. The predicted octanol–water partition coefficient (Wildman–Crippen LogP) is 2.86. The number of nitrogens with zero attached hydrogens (tertiary/aromatic N) is 1. The largest absolute Gasteiger partial charge is 0.468 e. The van der Waals surface area contributed by atoms with E-state index < -0.39 is 11.9 Å². The number of pyridine rings is 1. The molecule has 0 aliphatic heterocycles. The molecule has 1 aromatic heterocycles. The highest BCUT2D eigenvalue weighted by atomic mass is 16.5. The smallest absolute Gasteiger partial charge is 0.316 e. The van der Waals surface area contributed by atoms with E-state index >= 15 is 0 Å². The molecule has 1 aromatic carbocycles. The Morgan fingerprint density at radius 2 is 1.95 bits per heavy atom. The van der Waals surface area contributed by atoms with Crippen LogP contribution in [0.15, 0.2) is 36.5 Å². The number of ether oxygens (including phenoxy) is 1. The Hall–Kier alpha value is -2.23. The molecule has 0 saturated heterocycles. The lowest BCUT2D eigenvalue weighted by molar-refractivity contribution is -0.144. The van der Waals surface area contributed by atoms with Crippen LogP contribution in [0.5, 0.6) is 0 Å². The molecule has 0 radical (unpaired) electrons. The fraction of sp³-hybridized carbons (Fsp3) is 0.312. The average molecular weight is 271 g/mol. The maximum atomic E-state index is 12.5. The first-order valence-corrected chi connectivity index (χ1v) is 6.51. The Bertz CT molecular complexity index is 649. The second kappa shape index (κ2) is 5.82. The van der Waals surface area contributed by atoms with E-state index in [9.17, 15) is 9.59 Å². The zero-order chi connectivity index (χ0) is 14.7. The average Bonchev–Trinajstić information content (AvgIpc) is 2.46. The monoisotopic (exact) mass is 271 g/mol. The standard InChI is InChI=1S/C16H17NO3/c1-10(2)14(16(19)20-3)15(18)12-6-7-13-11(9-12)5-4-8-17-13/h4-10,14H,1-3H3. The molecule has 0 fully saturated rings. The van der Waals surface area contributed by atoms with Crippen LogP contribution in [0.1, 0.15) is 24.2 Å². The molecule has 0 aliphatic rings. The first-order valence-electron chi connectivity index (χ1n) is 6.51. The third kappa shape index (κ3) is 2.69. The highest BCUT2D eigenvalue weighted by Gasteiger charge is 2.31. The molecule has 0 spiro atoms. The third-order valence-electron chi connectivity index (χ3n) is 3.29. The van der Waals surface area contributed by atoms with Gasteiger partial charge in [0, 0.05) is 17.1 Å². The van der Waals surface area contributed by atoms with Crippen LogP contribution in [0.3, 0.4) is 0 Å². The van der Waals surface area contributed by atoms with Crippen LogP contribution >= 0.6 is 0 Å². The van der Waals surface area contributed by atoms with Crippen molar-refractivity contribution in [3.63, 3.8) is 0 Å². The van der Waals surface area contributed by atoms with Crippen LogP contribution < -0.4 is 0 Å².